The van der Waals surface area contributed by atoms with Crippen LogP contribution in [0.3, 0.4) is 0 Å². The summed E-state index contributed by atoms with van der Waals surface area (Å²) in [6.45, 7) is 0.705. The second-order valence-corrected chi connectivity index (χ2v) is 6.73. The van der Waals surface area contributed by atoms with Crippen LogP contribution >= 0.6 is 11.6 Å². The Morgan fingerprint density at radius 1 is 1.20 bits per heavy atom. The SMILES string of the molecule is O=C([O-])c1ccc(Cc2cc(Cl)ccc2OCC2CCCCC2)o1.[Na+]. The molecule has 3 rings (SSSR count). The van der Waals surface area contributed by atoms with E-state index in [9.17, 15) is 9.90 Å². The predicted molar refractivity (Wildman–Crippen MR) is 89.4 cm³/mol. The number of halogens is 1. The number of rotatable bonds is 6. The van der Waals surface area contributed by atoms with E-state index in [0.717, 1.165) is 11.3 Å². The average molecular weight is 371 g/mol. The van der Waals surface area contributed by atoms with Gasteiger partial charge in [0.1, 0.15) is 23.2 Å². The van der Waals surface area contributed by atoms with Crippen LogP contribution in [-0.2, 0) is 6.42 Å². The van der Waals surface area contributed by atoms with Gasteiger partial charge in [0, 0.05) is 17.0 Å². The molecule has 128 valence electrons. The van der Waals surface area contributed by atoms with Crippen molar-refractivity contribution >= 4 is 17.6 Å². The summed E-state index contributed by atoms with van der Waals surface area (Å²) in [6.07, 6.45) is 6.74. The second kappa shape index (κ2) is 9.67. The Balaban J connectivity index is 0.00000225. The number of hydrogen-bond acceptors (Lipinski definition) is 4. The first-order valence-electron chi connectivity index (χ1n) is 8.33. The largest absolute Gasteiger partial charge is 1.00 e. The van der Waals surface area contributed by atoms with E-state index in [4.69, 9.17) is 20.8 Å². The van der Waals surface area contributed by atoms with E-state index in [0.29, 0.717) is 29.7 Å². The van der Waals surface area contributed by atoms with Crippen LogP contribution in [0.1, 0.15) is 54.0 Å². The van der Waals surface area contributed by atoms with Crippen molar-refractivity contribution in [1.29, 1.82) is 0 Å². The third-order valence-electron chi connectivity index (χ3n) is 4.45. The molecule has 0 spiro atoms. The van der Waals surface area contributed by atoms with Crippen LogP contribution in [0.5, 0.6) is 5.75 Å². The maximum absolute atomic E-state index is 10.8. The molecule has 1 heterocycles. The van der Waals surface area contributed by atoms with Gasteiger partial charge < -0.3 is 19.1 Å². The average Bonchev–Trinajstić information content (AvgIpc) is 3.04. The molecule has 0 unspecified atom stereocenters. The van der Waals surface area contributed by atoms with E-state index < -0.39 is 5.97 Å². The van der Waals surface area contributed by atoms with Crippen LogP contribution in [-0.4, -0.2) is 12.6 Å². The summed E-state index contributed by atoms with van der Waals surface area (Å²) in [5, 5.41) is 11.4. The number of carboxylic acid groups (broad SMARTS) is 1. The van der Waals surface area contributed by atoms with E-state index in [1.807, 2.05) is 12.1 Å². The Labute approximate surface area is 174 Å². The van der Waals surface area contributed by atoms with E-state index in [1.54, 1.807) is 12.1 Å². The predicted octanol–water partition coefficient (Wildman–Crippen LogP) is 0.850. The van der Waals surface area contributed by atoms with Crippen molar-refractivity contribution in [2.75, 3.05) is 6.61 Å². The molecule has 0 atom stereocenters. The van der Waals surface area contributed by atoms with E-state index in [1.165, 1.54) is 38.2 Å². The van der Waals surface area contributed by atoms with Gasteiger partial charge in [-0.3, -0.25) is 0 Å². The molecule has 0 bridgehead atoms. The van der Waals surface area contributed by atoms with E-state index in [2.05, 4.69) is 0 Å². The summed E-state index contributed by atoms with van der Waals surface area (Å²) in [5.74, 6) is 0.434. The van der Waals surface area contributed by atoms with Crippen molar-refractivity contribution in [1.82, 2.24) is 0 Å². The molecule has 0 aliphatic heterocycles. The van der Waals surface area contributed by atoms with Crippen molar-refractivity contribution in [3.63, 3.8) is 0 Å². The summed E-state index contributed by atoms with van der Waals surface area (Å²) in [6, 6.07) is 8.53. The van der Waals surface area contributed by atoms with Crippen LogP contribution in [0.2, 0.25) is 5.02 Å². The summed E-state index contributed by atoms with van der Waals surface area (Å²) in [4.78, 5) is 10.8. The van der Waals surface area contributed by atoms with Gasteiger partial charge in [0.25, 0.3) is 0 Å². The van der Waals surface area contributed by atoms with Crippen molar-refractivity contribution in [3.05, 3.63) is 52.4 Å². The molecule has 0 amide bonds. The number of hydrogen-bond donors (Lipinski definition) is 0. The van der Waals surface area contributed by atoms with Gasteiger partial charge in [0.15, 0.2) is 0 Å². The molecule has 4 nitrogen and oxygen atoms in total. The van der Waals surface area contributed by atoms with Gasteiger partial charge in [0.05, 0.1) is 6.61 Å². The van der Waals surface area contributed by atoms with Crippen LogP contribution in [0, 0.1) is 5.92 Å². The quantitative estimate of drug-likeness (QED) is 0.707. The zero-order valence-electron chi connectivity index (χ0n) is 14.4. The zero-order valence-corrected chi connectivity index (χ0v) is 17.2. The standard InChI is InChI=1S/C19H21ClO4.Na/c20-15-6-8-17(23-12-13-4-2-1-3-5-13)14(10-15)11-16-7-9-18(24-16)19(21)22;/h6-10,13H,1-5,11-12H2,(H,21,22);/q;+1/p-1. The second-order valence-electron chi connectivity index (χ2n) is 6.30. The Morgan fingerprint density at radius 3 is 2.64 bits per heavy atom. The number of aromatic carboxylic acids is 1. The minimum atomic E-state index is -1.32. The van der Waals surface area contributed by atoms with E-state index >= 15 is 0 Å². The number of carbonyl (C=O) groups excluding carboxylic acids is 1. The number of furan rings is 1. The number of carboxylic acids is 1. The number of carbonyl (C=O) groups is 1. The fourth-order valence-electron chi connectivity index (χ4n) is 3.16. The van der Waals surface area contributed by atoms with Gasteiger partial charge in [-0.15, -0.1) is 0 Å². The maximum Gasteiger partial charge on any atom is 1.00 e. The molecular formula is C19H20ClNaO4. The third-order valence-corrected chi connectivity index (χ3v) is 4.68. The topological polar surface area (TPSA) is 62.5 Å². The molecule has 1 aromatic heterocycles. The normalized spacial score (nSPS) is 14.8. The molecule has 0 saturated heterocycles. The molecule has 1 fully saturated rings. The Morgan fingerprint density at radius 2 is 1.96 bits per heavy atom. The molecular weight excluding hydrogens is 351 g/mol. The van der Waals surface area contributed by atoms with Gasteiger partial charge in [-0.2, -0.15) is 0 Å². The number of ether oxygens (including phenoxy) is 1. The fourth-order valence-corrected chi connectivity index (χ4v) is 3.35. The van der Waals surface area contributed by atoms with Gasteiger partial charge in [-0.25, -0.2) is 0 Å². The minimum absolute atomic E-state index is 0. The van der Waals surface area contributed by atoms with Crippen molar-refractivity contribution in [2.45, 2.75) is 38.5 Å². The van der Waals surface area contributed by atoms with Gasteiger partial charge >= 0.3 is 29.6 Å². The fraction of sp³-hybridized carbons (Fsp3) is 0.421. The van der Waals surface area contributed by atoms with E-state index in [-0.39, 0.29) is 35.3 Å². The van der Waals surface area contributed by atoms with Gasteiger partial charge in [-0.05, 0) is 49.1 Å². The van der Waals surface area contributed by atoms with Crippen LogP contribution in [0.25, 0.3) is 0 Å². The van der Waals surface area contributed by atoms with Crippen LogP contribution < -0.4 is 39.4 Å². The molecule has 25 heavy (non-hydrogen) atoms. The maximum atomic E-state index is 10.8. The summed E-state index contributed by atoms with van der Waals surface area (Å²) in [7, 11) is 0. The van der Waals surface area contributed by atoms with Crippen molar-refractivity contribution < 1.29 is 48.6 Å². The first kappa shape index (κ1) is 20.4. The molecule has 0 radical (unpaired) electrons. The summed E-state index contributed by atoms with van der Waals surface area (Å²) >= 11 is 6.10. The third kappa shape index (κ3) is 5.78. The monoisotopic (exact) mass is 370 g/mol. The van der Waals surface area contributed by atoms with Crippen LogP contribution in [0.15, 0.2) is 34.7 Å². The van der Waals surface area contributed by atoms with Gasteiger partial charge in [0.2, 0.25) is 0 Å². The van der Waals surface area contributed by atoms with Crippen molar-refractivity contribution in [2.24, 2.45) is 5.92 Å². The first-order valence-corrected chi connectivity index (χ1v) is 8.71. The molecule has 1 aromatic carbocycles. The number of benzene rings is 1. The minimum Gasteiger partial charge on any atom is -0.542 e. The van der Waals surface area contributed by atoms with Crippen LogP contribution in [0.4, 0.5) is 0 Å². The molecule has 2 aromatic rings. The molecule has 0 N–H and O–H groups in total. The smallest absolute Gasteiger partial charge is 0.542 e. The molecule has 6 heteroatoms. The molecule has 1 saturated carbocycles. The van der Waals surface area contributed by atoms with Crippen molar-refractivity contribution in [3.8, 4) is 5.75 Å². The molecule has 1 aliphatic carbocycles. The Kier molecular flexibility index (Phi) is 7.88. The van der Waals surface area contributed by atoms with Gasteiger partial charge in [-0.1, -0.05) is 30.9 Å². The summed E-state index contributed by atoms with van der Waals surface area (Å²) < 4.78 is 11.3. The molecule has 1 aliphatic rings. The first-order chi connectivity index (χ1) is 11.6. The summed E-state index contributed by atoms with van der Waals surface area (Å²) in [5.41, 5.74) is 0.887. The Hall–Kier alpha value is -0.940. The Bertz CT molecular complexity index is 707. The zero-order chi connectivity index (χ0) is 16.9.